The van der Waals surface area contributed by atoms with E-state index < -0.39 is 0 Å². The van der Waals surface area contributed by atoms with Gasteiger partial charge in [0.05, 0.1) is 6.61 Å². The van der Waals surface area contributed by atoms with Crippen LogP contribution in [0, 0.1) is 11.8 Å². The van der Waals surface area contributed by atoms with Crippen LogP contribution in [-0.4, -0.2) is 12.4 Å². The van der Waals surface area contributed by atoms with Crippen molar-refractivity contribution in [2.45, 2.75) is 51.4 Å². The Labute approximate surface area is 121 Å². The highest BCUT2D eigenvalue weighted by Gasteiger charge is 2.25. The summed E-state index contributed by atoms with van der Waals surface area (Å²) in [5.41, 5.74) is 0.844. The Morgan fingerprint density at radius 1 is 1.05 bits per heavy atom. The number of Topliss-reactive ketones (excluding diaryl/α,β-unsaturated/α-hetero) is 1. The van der Waals surface area contributed by atoms with E-state index in [4.69, 9.17) is 4.74 Å². The summed E-state index contributed by atoms with van der Waals surface area (Å²) >= 11 is 0. The van der Waals surface area contributed by atoms with Gasteiger partial charge in [-0.15, -0.1) is 0 Å². The topological polar surface area (TPSA) is 26.3 Å². The van der Waals surface area contributed by atoms with E-state index in [2.05, 4.69) is 0 Å². The summed E-state index contributed by atoms with van der Waals surface area (Å²) in [5.74, 6) is 2.45. The Morgan fingerprint density at radius 2 is 1.75 bits per heavy atom. The molecular formula is C18H24O2. The Morgan fingerprint density at radius 3 is 2.30 bits per heavy atom. The third-order valence-electron chi connectivity index (χ3n) is 4.86. The Balaban J connectivity index is 1.42. The molecule has 2 heteroatoms. The predicted octanol–water partition coefficient (Wildman–Crippen LogP) is 4.63. The number of hydrogen-bond acceptors (Lipinski definition) is 2. The lowest BCUT2D eigenvalue weighted by Crippen LogP contribution is -2.21. The molecule has 0 saturated heterocycles. The monoisotopic (exact) mass is 272 g/mol. The second kappa shape index (κ2) is 6.43. The summed E-state index contributed by atoms with van der Waals surface area (Å²) in [7, 11) is 0. The molecule has 2 nitrogen and oxygen atoms in total. The minimum absolute atomic E-state index is 0.282. The van der Waals surface area contributed by atoms with Gasteiger partial charge < -0.3 is 4.74 Å². The van der Waals surface area contributed by atoms with Gasteiger partial charge in [-0.3, -0.25) is 4.79 Å². The fourth-order valence-electron chi connectivity index (χ4n) is 2.97. The van der Waals surface area contributed by atoms with Gasteiger partial charge in [-0.2, -0.15) is 0 Å². The largest absolute Gasteiger partial charge is 0.494 e. The summed E-state index contributed by atoms with van der Waals surface area (Å²) in [5, 5.41) is 0. The first-order valence-electron chi connectivity index (χ1n) is 8.10. The van der Waals surface area contributed by atoms with Crippen molar-refractivity contribution in [2.75, 3.05) is 6.61 Å². The van der Waals surface area contributed by atoms with Gasteiger partial charge in [0.25, 0.3) is 0 Å². The van der Waals surface area contributed by atoms with Crippen LogP contribution in [0.25, 0.3) is 0 Å². The average molecular weight is 272 g/mol. The SMILES string of the molecule is O=C(c1ccc(OCCCC2CCC2)cc1)C1CCC1. The molecule has 2 saturated carbocycles. The highest BCUT2D eigenvalue weighted by molar-refractivity contribution is 5.98. The van der Waals surface area contributed by atoms with Crippen molar-refractivity contribution in [3.05, 3.63) is 29.8 Å². The van der Waals surface area contributed by atoms with E-state index in [0.29, 0.717) is 5.78 Å². The maximum atomic E-state index is 12.1. The van der Waals surface area contributed by atoms with Crippen LogP contribution >= 0.6 is 0 Å². The fourth-order valence-corrected chi connectivity index (χ4v) is 2.97. The highest BCUT2D eigenvalue weighted by atomic mass is 16.5. The smallest absolute Gasteiger partial charge is 0.165 e. The van der Waals surface area contributed by atoms with Crippen LogP contribution in [-0.2, 0) is 0 Å². The van der Waals surface area contributed by atoms with Gasteiger partial charge in [-0.05, 0) is 55.9 Å². The minimum atomic E-state index is 0.282. The Kier molecular flexibility index (Phi) is 4.39. The van der Waals surface area contributed by atoms with Crippen molar-refractivity contribution in [1.82, 2.24) is 0 Å². The van der Waals surface area contributed by atoms with Crippen LogP contribution in [0.5, 0.6) is 5.75 Å². The zero-order chi connectivity index (χ0) is 13.8. The van der Waals surface area contributed by atoms with Crippen LogP contribution in [0.3, 0.4) is 0 Å². The van der Waals surface area contributed by atoms with Crippen molar-refractivity contribution in [3.63, 3.8) is 0 Å². The molecule has 0 spiro atoms. The molecule has 20 heavy (non-hydrogen) atoms. The molecule has 2 fully saturated rings. The summed E-state index contributed by atoms with van der Waals surface area (Å²) in [6, 6.07) is 7.72. The maximum absolute atomic E-state index is 12.1. The summed E-state index contributed by atoms with van der Waals surface area (Å²) in [6.07, 6.45) is 10.0. The van der Waals surface area contributed by atoms with Crippen LogP contribution < -0.4 is 4.74 Å². The first-order valence-corrected chi connectivity index (χ1v) is 8.10. The molecule has 2 aliphatic carbocycles. The van der Waals surface area contributed by atoms with Crippen LogP contribution in [0.4, 0.5) is 0 Å². The van der Waals surface area contributed by atoms with E-state index in [1.54, 1.807) is 0 Å². The Bertz CT molecular complexity index is 441. The van der Waals surface area contributed by atoms with Gasteiger partial charge in [-0.25, -0.2) is 0 Å². The van der Waals surface area contributed by atoms with Crippen molar-refractivity contribution in [2.24, 2.45) is 11.8 Å². The lowest BCUT2D eigenvalue weighted by molar-refractivity contribution is 0.0855. The first-order chi connectivity index (χ1) is 9.83. The number of hydrogen-bond donors (Lipinski definition) is 0. The van der Waals surface area contributed by atoms with Gasteiger partial charge >= 0.3 is 0 Å². The number of benzene rings is 1. The highest BCUT2D eigenvalue weighted by Crippen LogP contribution is 2.31. The van der Waals surface area contributed by atoms with Crippen molar-refractivity contribution in [1.29, 1.82) is 0 Å². The van der Waals surface area contributed by atoms with E-state index >= 15 is 0 Å². The van der Waals surface area contributed by atoms with E-state index in [-0.39, 0.29) is 5.92 Å². The fraction of sp³-hybridized carbons (Fsp3) is 0.611. The number of carbonyl (C=O) groups is 1. The molecule has 108 valence electrons. The average Bonchev–Trinajstić information content (AvgIpc) is 2.35. The van der Waals surface area contributed by atoms with Gasteiger partial charge in [0.15, 0.2) is 5.78 Å². The van der Waals surface area contributed by atoms with Gasteiger partial charge in [0.1, 0.15) is 5.75 Å². The minimum Gasteiger partial charge on any atom is -0.494 e. The number of rotatable bonds is 7. The van der Waals surface area contributed by atoms with Crippen molar-refractivity contribution in [3.8, 4) is 5.75 Å². The third-order valence-corrected chi connectivity index (χ3v) is 4.86. The lowest BCUT2D eigenvalue weighted by Gasteiger charge is -2.25. The predicted molar refractivity (Wildman–Crippen MR) is 80.2 cm³/mol. The van der Waals surface area contributed by atoms with Gasteiger partial charge in [0, 0.05) is 11.5 Å². The van der Waals surface area contributed by atoms with Gasteiger partial charge in [0.2, 0.25) is 0 Å². The summed E-state index contributed by atoms with van der Waals surface area (Å²) < 4.78 is 5.75. The molecule has 2 aliphatic rings. The second-order valence-electron chi connectivity index (χ2n) is 6.30. The van der Waals surface area contributed by atoms with Crippen LogP contribution in [0.1, 0.15) is 61.7 Å². The zero-order valence-corrected chi connectivity index (χ0v) is 12.1. The van der Waals surface area contributed by atoms with E-state index in [1.165, 1.54) is 32.1 Å². The van der Waals surface area contributed by atoms with Crippen molar-refractivity contribution >= 4 is 5.78 Å². The van der Waals surface area contributed by atoms with Crippen molar-refractivity contribution < 1.29 is 9.53 Å². The summed E-state index contributed by atoms with van der Waals surface area (Å²) in [6.45, 7) is 0.798. The third kappa shape index (κ3) is 3.23. The molecule has 3 rings (SSSR count). The quantitative estimate of drug-likeness (QED) is 0.534. The molecule has 0 atom stereocenters. The van der Waals surface area contributed by atoms with Gasteiger partial charge in [-0.1, -0.05) is 25.7 Å². The molecule has 0 radical (unpaired) electrons. The first kappa shape index (κ1) is 13.7. The van der Waals surface area contributed by atoms with E-state index in [0.717, 1.165) is 43.1 Å². The van der Waals surface area contributed by atoms with E-state index in [9.17, 15) is 4.79 Å². The summed E-state index contributed by atoms with van der Waals surface area (Å²) in [4.78, 5) is 12.1. The molecule has 0 amide bonds. The molecule has 0 N–H and O–H groups in total. The zero-order valence-electron chi connectivity index (χ0n) is 12.1. The second-order valence-corrected chi connectivity index (χ2v) is 6.30. The maximum Gasteiger partial charge on any atom is 0.165 e. The molecule has 0 aromatic heterocycles. The normalized spacial score (nSPS) is 19.2. The number of ketones is 1. The van der Waals surface area contributed by atoms with Crippen LogP contribution in [0.15, 0.2) is 24.3 Å². The molecule has 0 unspecified atom stereocenters. The Hall–Kier alpha value is -1.31. The molecule has 1 aromatic carbocycles. The standard InChI is InChI=1S/C18H24O2/c19-18(15-7-2-8-15)16-9-11-17(12-10-16)20-13-3-6-14-4-1-5-14/h9-12,14-15H,1-8,13H2. The van der Waals surface area contributed by atoms with Crippen LogP contribution in [0.2, 0.25) is 0 Å². The molecule has 1 aromatic rings. The number of carbonyl (C=O) groups excluding carboxylic acids is 1. The van der Waals surface area contributed by atoms with E-state index in [1.807, 2.05) is 24.3 Å². The molecule has 0 heterocycles. The molecule has 0 bridgehead atoms. The molecule has 0 aliphatic heterocycles. The molecular weight excluding hydrogens is 248 g/mol. The number of ether oxygens (including phenoxy) is 1. The lowest BCUT2D eigenvalue weighted by atomic mass is 9.80.